The van der Waals surface area contributed by atoms with Gasteiger partial charge in [-0.25, -0.2) is 0 Å². The molecule has 0 aliphatic rings. The van der Waals surface area contributed by atoms with Crippen LogP contribution < -0.4 is 10.6 Å². The third-order valence-corrected chi connectivity index (χ3v) is 2.55. The molecular formula is C13H18F3N3O. The van der Waals surface area contributed by atoms with Crippen LogP contribution in [-0.2, 0) is 11.0 Å². The van der Waals surface area contributed by atoms with Gasteiger partial charge in [0.05, 0.1) is 12.1 Å². The van der Waals surface area contributed by atoms with Gasteiger partial charge in [0, 0.05) is 18.8 Å². The van der Waals surface area contributed by atoms with Crippen molar-refractivity contribution in [1.82, 2.24) is 10.2 Å². The lowest BCUT2D eigenvalue weighted by atomic mass is 10.2. The van der Waals surface area contributed by atoms with E-state index in [0.29, 0.717) is 12.2 Å². The molecule has 1 amide bonds. The zero-order valence-electron chi connectivity index (χ0n) is 11.4. The molecule has 0 aliphatic heterocycles. The van der Waals surface area contributed by atoms with Gasteiger partial charge in [-0.1, -0.05) is 0 Å². The van der Waals surface area contributed by atoms with Gasteiger partial charge in [-0.2, -0.15) is 13.2 Å². The number of nitrogens with zero attached hydrogens (tertiary/aromatic N) is 1. The van der Waals surface area contributed by atoms with Gasteiger partial charge in [0.25, 0.3) is 0 Å². The lowest BCUT2D eigenvalue weighted by molar-refractivity contribution is -0.137. The third kappa shape index (κ3) is 5.92. The highest BCUT2D eigenvalue weighted by atomic mass is 19.4. The number of alkyl halides is 3. The first kappa shape index (κ1) is 16.3. The Morgan fingerprint density at radius 2 is 1.80 bits per heavy atom. The summed E-state index contributed by atoms with van der Waals surface area (Å²) in [4.78, 5) is 13.4. The summed E-state index contributed by atoms with van der Waals surface area (Å²) < 4.78 is 37.0. The Labute approximate surface area is 116 Å². The molecule has 0 aromatic heterocycles. The summed E-state index contributed by atoms with van der Waals surface area (Å²) in [5.41, 5.74) is -0.237. The number of carbonyl (C=O) groups excluding carboxylic acids is 1. The molecule has 0 unspecified atom stereocenters. The topological polar surface area (TPSA) is 44.4 Å². The number of hydrogen-bond acceptors (Lipinski definition) is 3. The Balaban J connectivity index is 2.37. The zero-order valence-corrected chi connectivity index (χ0v) is 11.4. The summed E-state index contributed by atoms with van der Waals surface area (Å²) in [5, 5.41) is 5.46. The maximum Gasteiger partial charge on any atom is 0.416 e. The molecule has 0 atom stereocenters. The molecule has 1 aromatic carbocycles. The van der Waals surface area contributed by atoms with E-state index in [1.54, 1.807) is 0 Å². The molecule has 0 heterocycles. The van der Waals surface area contributed by atoms with Crippen LogP contribution in [0.2, 0.25) is 0 Å². The second-order valence-electron chi connectivity index (χ2n) is 4.58. The standard InChI is InChI=1S/C13H18F3N3O/c1-19(2)8-7-17-12(20)9-18-11-5-3-10(4-6-11)13(14,15)16/h3-6,18H,7-9H2,1-2H3,(H,17,20). The van der Waals surface area contributed by atoms with Crippen molar-refractivity contribution in [3.63, 3.8) is 0 Å². The summed E-state index contributed by atoms with van der Waals surface area (Å²) in [6.07, 6.45) is -4.35. The monoisotopic (exact) mass is 289 g/mol. The van der Waals surface area contributed by atoms with Crippen LogP contribution in [0.15, 0.2) is 24.3 Å². The van der Waals surface area contributed by atoms with Crippen molar-refractivity contribution < 1.29 is 18.0 Å². The van der Waals surface area contributed by atoms with Gasteiger partial charge in [0.15, 0.2) is 0 Å². The third-order valence-electron chi connectivity index (χ3n) is 2.55. The molecule has 0 saturated heterocycles. The van der Waals surface area contributed by atoms with Crippen LogP contribution in [0.5, 0.6) is 0 Å². The number of carbonyl (C=O) groups is 1. The van der Waals surface area contributed by atoms with Crippen LogP contribution in [0, 0.1) is 0 Å². The average Bonchev–Trinajstić information content (AvgIpc) is 2.35. The Morgan fingerprint density at radius 1 is 1.20 bits per heavy atom. The largest absolute Gasteiger partial charge is 0.416 e. The van der Waals surface area contributed by atoms with Gasteiger partial charge >= 0.3 is 6.18 Å². The predicted molar refractivity (Wildman–Crippen MR) is 71.5 cm³/mol. The van der Waals surface area contributed by atoms with Crippen molar-refractivity contribution in [2.75, 3.05) is 39.0 Å². The fraction of sp³-hybridized carbons (Fsp3) is 0.462. The molecule has 2 N–H and O–H groups in total. The van der Waals surface area contributed by atoms with E-state index in [4.69, 9.17) is 0 Å². The van der Waals surface area contributed by atoms with Gasteiger partial charge in [-0.05, 0) is 38.4 Å². The second-order valence-corrected chi connectivity index (χ2v) is 4.58. The molecule has 0 aliphatic carbocycles. The highest BCUT2D eigenvalue weighted by Gasteiger charge is 2.29. The number of anilines is 1. The van der Waals surface area contributed by atoms with Gasteiger partial charge in [-0.15, -0.1) is 0 Å². The minimum Gasteiger partial charge on any atom is -0.376 e. The number of amides is 1. The SMILES string of the molecule is CN(C)CCNC(=O)CNc1ccc(C(F)(F)F)cc1. The van der Waals surface area contributed by atoms with E-state index in [2.05, 4.69) is 10.6 Å². The second kappa shape index (κ2) is 7.14. The molecule has 1 aromatic rings. The predicted octanol–water partition coefficient (Wildman–Crippen LogP) is 1.80. The van der Waals surface area contributed by atoms with E-state index < -0.39 is 11.7 Å². The minimum atomic E-state index is -4.35. The van der Waals surface area contributed by atoms with Crippen molar-refractivity contribution in [3.8, 4) is 0 Å². The molecule has 0 saturated carbocycles. The number of likely N-dealkylation sites (N-methyl/N-ethyl adjacent to an activating group) is 1. The average molecular weight is 289 g/mol. The van der Waals surface area contributed by atoms with Crippen LogP contribution >= 0.6 is 0 Å². The van der Waals surface area contributed by atoms with Crippen molar-refractivity contribution in [1.29, 1.82) is 0 Å². The lowest BCUT2D eigenvalue weighted by Crippen LogP contribution is -2.35. The number of hydrogen-bond donors (Lipinski definition) is 2. The molecule has 112 valence electrons. The summed E-state index contributed by atoms with van der Waals surface area (Å²) in [7, 11) is 3.79. The maximum absolute atomic E-state index is 12.3. The quantitative estimate of drug-likeness (QED) is 0.839. The molecular weight excluding hydrogens is 271 g/mol. The molecule has 4 nitrogen and oxygen atoms in total. The van der Waals surface area contributed by atoms with Crippen LogP contribution in [0.25, 0.3) is 0 Å². The number of halogens is 3. The van der Waals surface area contributed by atoms with E-state index in [1.807, 2.05) is 19.0 Å². The molecule has 7 heteroatoms. The Bertz CT molecular complexity index is 429. The van der Waals surface area contributed by atoms with Gasteiger partial charge in [-0.3, -0.25) is 4.79 Å². The van der Waals surface area contributed by atoms with Crippen LogP contribution in [0.3, 0.4) is 0 Å². The Kier molecular flexibility index (Phi) is 5.82. The fourth-order valence-corrected chi connectivity index (χ4v) is 1.44. The maximum atomic E-state index is 12.3. The van der Waals surface area contributed by atoms with E-state index in [1.165, 1.54) is 12.1 Å². The van der Waals surface area contributed by atoms with Gasteiger partial charge < -0.3 is 15.5 Å². The van der Waals surface area contributed by atoms with E-state index in [-0.39, 0.29) is 12.5 Å². The van der Waals surface area contributed by atoms with E-state index in [9.17, 15) is 18.0 Å². The molecule has 0 bridgehead atoms. The highest BCUT2D eigenvalue weighted by molar-refractivity contribution is 5.80. The van der Waals surface area contributed by atoms with E-state index >= 15 is 0 Å². The normalized spacial score (nSPS) is 11.5. The van der Waals surface area contributed by atoms with Crippen LogP contribution in [0.4, 0.5) is 18.9 Å². The van der Waals surface area contributed by atoms with Crippen LogP contribution in [0.1, 0.15) is 5.56 Å². The smallest absolute Gasteiger partial charge is 0.376 e. The minimum absolute atomic E-state index is 0.0266. The van der Waals surface area contributed by atoms with Gasteiger partial charge in [0.1, 0.15) is 0 Å². The Hall–Kier alpha value is -1.76. The lowest BCUT2D eigenvalue weighted by Gasteiger charge is -2.12. The number of rotatable bonds is 6. The van der Waals surface area contributed by atoms with Gasteiger partial charge in [0.2, 0.25) is 5.91 Å². The zero-order chi connectivity index (χ0) is 15.2. The van der Waals surface area contributed by atoms with Crippen molar-refractivity contribution in [2.45, 2.75) is 6.18 Å². The first-order chi connectivity index (χ1) is 9.29. The summed E-state index contributed by atoms with van der Waals surface area (Å²) >= 11 is 0. The summed E-state index contributed by atoms with van der Waals surface area (Å²) in [6, 6.07) is 4.56. The fourth-order valence-electron chi connectivity index (χ4n) is 1.44. The van der Waals surface area contributed by atoms with Crippen molar-refractivity contribution in [3.05, 3.63) is 29.8 Å². The molecule has 0 fully saturated rings. The molecule has 0 radical (unpaired) electrons. The summed E-state index contributed by atoms with van der Waals surface area (Å²) in [5.74, 6) is -0.202. The summed E-state index contributed by atoms with van der Waals surface area (Å²) in [6.45, 7) is 1.28. The first-order valence-corrected chi connectivity index (χ1v) is 6.11. The highest BCUT2D eigenvalue weighted by Crippen LogP contribution is 2.29. The molecule has 1 rings (SSSR count). The molecule has 0 spiro atoms. The number of benzene rings is 1. The molecule has 20 heavy (non-hydrogen) atoms. The Morgan fingerprint density at radius 3 is 2.30 bits per heavy atom. The number of nitrogens with one attached hydrogen (secondary N) is 2. The van der Waals surface area contributed by atoms with Crippen LogP contribution in [-0.4, -0.2) is 44.5 Å². The van der Waals surface area contributed by atoms with E-state index in [0.717, 1.165) is 18.7 Å². The van der Waals surface area contributed by atoms with Crippen molar-refractivity contribution in [2.24, 2.45) is 0 Å². The first-order valence-electron chi connectivity index (χ1n) is 6.11. The van der Waals surface area contributed by atoms with Crippen molar-refractivity contribution >= 4 is 11.6 Å².